The van der Waals surface area contributed by atoms with E-state index in [2.05, 4.69) is 0 Å². The van der Waals surface area contributed by atoms with E-state index in [0.717, 1.165) is 11.6 Å². The largest absolute Gasteiger partial charge is 0.478 e. The van der Waals surface area contributed by atoms with Crippen molar-refractivity contribution in [3.05, 3.63) is 45.1 Å². The number of alkyl halides is 3. The molecule has 1 atom stereocenters. The van der Waals surface area contributed by atoms with Crippen molar-refractivity contribution in [1.82, 2.24) is 0 Å². The standard InChI is InChI=1S/C15H8ClF3O3S/c16-11-5-8(7-1-2-23-6-7)3-9-4-10(14(20)21)13(15(17,18)19)22-12(9)11/h1-6,13H,(H,20,21). The van der Waals surface area contributed by atoms with Gasteiger partial charge in [0.05, 0.1) is 10.6 Å². The molecule has 1 N–H and O–H groups in total. The lowest BCUT2D eigenvalue weighted by Gasteiger charge is -2.27. The molecular weight excluding hydrogens is 353 g/mol. The number of hydrogen-bond acceptors (Lipinski definition) is 3. The third kappa shape index (κ3) is 2.94. The van der Waals surface area contributed by atoms with Crippen molar-refractivity contribution in [3.8, 4) is 16.9 Å². The van der Waals surface area contributed by atoms with E-state index in [4.69, 9.17) is 21.4 Å². The number of benzene rings is 1. The molecule has 1 unspecified atom stereocenters. The van der Waals surface area contributed by atoms with E-state index in [1.807, 2.05) is 16.8 Å². The topological polar surface area (TPSA) is 46.5 Å². The maximum absolute atomic E-state index is 13.0. The van der Waals surface area contributed by atoms with Crippen LogP contribution in [0.1, 0.15) is 5.56 Å². The summed E-state index contributed by atoms with van der Waals surface area (Å²) in [4.78, 5) is 11.1. The van der Waals surface area contributed by atoms with Crippen LogP contribution >= 0.6 is 22.9 Å². The molecule has 2 aromatic rings. The highest BCUT2D eigenvalue weighted by Crippen LogP contribution is 2.43. The quantitative estimate of drug-likeness (QED) is 0.832. The molecule has 0 saturated carbocycles. The van der Waals surface area contributed by atoms with Crippen molar-refractivity contribution in [1.29, 1.82) is 0 Å². The number of halogens is 4. The zero-order chi connectivity index (χ0) is 16.8. The van der Waals surface area contributed by atoms with Gasteiger partial charge < -0.3 is 9.84 Å². The Hall–Kier alpha value is -1.99. The van der Waals surface area contributed by atoms with Crippen LogP contribution in [0.4, 0.5) is 13.2 Å². The predicted octanol–water partition coefficient (Wildman–Crippen LogP) is 4.86. The van der Waals surface area contributed by atoms with Gasteiger partial charge in [0.1, 0.15) is 5.75 Å². The van der Waals surface area contributed by atoms with Crippen molar-refractivity contribution >= 4 is 35.0 Å². The summed E-state index contributed by atoms with van der Waals surface area (Å²) in [5.41, 5.74) is 0.841. The van der Waals surface area contributed by atoms with Crippen molar-refractivity contribution < 1.29 is 27.8 Å². The highest BCUT2D eigenvalue weighted by atomic mass is 35.5. The lowest BCUT2D eigenvalue weighted by molar-refractivity contribution is -0.187. The zero-order valence-corrected chi connectivity index (χ0v) is 12.8. The van der Waals surface area contributed by atoms with Gasteiger partial charge in [-0.2, -0.15) is 24.5 Å². The first kappa shape index (κ1) is 15.9. The molecule has 0 aliphatic carbocycles. The molecule has 3 nitrogen and oxygen atoms in total. The molecule has 1 aliphatic rings. The molecule has 1 aromatic heterocycles. The molecule has 0 bridgehead atoms. The predicted molar refractivity (Wildman–Crippen MR) is 80.8 cm³/mol. The van der Waals surface area contributed by atoms with E-state index < -0.39 is 23.8 Å². The molecule has 0 saturated heterocycles. The second-order valence-electron chi connectivity index (χ2n) is 4.83. The number of hydrogen-bond donors (Lipinski definition) is 1. The van der Waals surface area contributed by atoms with Gasteiger partial charge >= 0.3 is 12.1 Å². The fraction of sp³-hybridized carbons (Fsp3) is 0.133. The molecule has 1 aromatic carbocycles. The summed E-state index contributed by atoms with van der Waals surface area (Å²) in [6.45, 7) is 0. The fourth-order valence-corrected chi connectivity index (χ4v) is 3.22. The van der Waals surface area contributed by atoms with E-state index in [1.165, 1.54) is 17.4 Å². The van der Waals surface area contributed by atoms with Crippen molar-refractivity contribution in [2.24, 2.45) is 0 Å². The minimum absolute atomic E-state index is 0.00126. The lowest BCUT2D eigenvalue weighted by Crippen LogP contribution is -2.40. The Bertz CT molecular complexity index is 797. The van der Waals surface area contributed by atoms with Crippen LogP contribution in [0, 0.1) is 0 Å². The minimum Gasteiger partial charge on any atom is -0.478 e. The van der Waals surface area contributed by atoms with Crippen LogP contribution in [0.25, 0.3) is 17.2 Å². The van der Waals surface area contributed by atoms with Crippen molar-refractivity contribution in [3.63, 3.8) is 0 Å². The van der Waals surface area contributed by atoms with E-state index in [9.17, 15) is 18.0 Å². The molecule has 23 heavy (non-hydrogen) atoms. The highest BCUT2D eigenvalue weighted by Gasteiger charge is 2.48. The molecule has 0 radical (unpaired) electrons. The number of carbonyl (C=O) groups is 1. The van der Waals surface area contributed by atoms with Crippen LogP contribution in [0.2, 0.25) is 5.02 Å². The Balaban J connectivity index is 2.15. The lowest BCUT2D eigenvalue weighted by atomic mass is 9.98. The first-order valence-electron chi connectivity index (χ1n) is 6.31. The summed E-state index contributed by atoms with van der Waals surface area (Å²) in [6, 6.07) is 4.88. The SMILES string of the molecule is O=C(O)C1=Cc2cc(-c3ccsc3)cc(Cl)c2OC1C(F)(F)F. The summed E-state index contributed by atoms with van der Waals surface area (Å²) >= 11 is 7.50. The van der Waals surface area contributed by atoms with Gasteiger partial charge in [0, 0.05) is 5.56 Å². The van der Waals surface area contributed by atoms with E-state index in [0.29, 0.717) is 5.56 Å². The van der Waals surface area contributed by atoms with Gasteiger partial charge in [0.25, 0.3) is 0 Å². The summed E-state index contributed by atoms with van der Waals surface area (Å²) in [5, 5.41) is 12.7. The third-order valence-corrected chi connectivity index (χ3v) is 4.26. The van der Waals surface area contributed by atoms with Gasteiger partial charge in [0.15, 0.2) is 0 Å². The number of aliphatic carboxylic acids is 1. The second-order valence-corrected chi connectivity index (χ2v) is 6.02. The molecular formula is C15H8ClF3O3S. The van der Waals surface area contributed by atoms with Gasteiger partial charge in [-0.3, -0.25) is 0 Å². The van der Waals surface area contributed by atoms with Gasteiger partial charge in [-0.1, -0.05) is 11.6 Å². The van der Waals surface area contributed by atoms with Crippen LogP contribution in [-0.4, -0.2) is 23.4 Å². The van der Waals surface area contributed by atoms with Crippen LogP contribution in [0.3, 0.4) is 0 Å². The third-order valence-electron chi connectivity index (χ3n) is 3.30. The first-order chi connectivity index (χ1) is 10.8. The van der Waals surface area contributed by atoms with Gasteiger partial charge in [0.2, 0.25) is 6.10 Å². The van der Waals surface area contributed by atoms with Crippen molar-refractivity contribution in [2.75, 3.05) is 0 Å². The highest BCUT2D eigenvalue weighted by molar-refractivity contribution is 7.08. The molecule has 0 spiro atoms. The van der Waals surface area contributed by atoms with Gasteiger partial charge in [-0.15, -0.1) is 0 Å². The average molecular weight is 361 g/mol. The Kier molecular flexibility index (Phi) is 3.85. The maximum atomic E-state index is 13.0. The number of carboxylic acids is 1. The Morgan fingerprint density at radius 2 is 2.04 bits per heavy atom. The molecule has 1 aliphatic heterocycles. The number of fused-ring (bicyclic) bond motifs is 1. The number of ether oxygens (including phenoxy) is 1. The molecule has 0 fully saturated rings. The fourth-order valence-electron chi connectivity index (χ4n) is 2.28. The van der Waals surface area contributed by atoms with E-state index in [1.54, 1.807) is 6.07 Å². The summed E-state index contributed by atoms with van der Waals surface area (Å²) in [5.74, 6) is -1.85. The molecule has 2 heterocycles. The first-order valence-corrected chi connectivity index (χ1v) is 7.64. The monoisotopic (exact) mass is 360 g/mol. The Morgan fingerprint density at radius 1 is 1.30 bits per heavy atom. The number of carboxylic acid groups (broad SMARTS) is 1. The molecule has 120 valence electrons. The van der Waals surface area contributed by atoms with Gasteiger partial charge in [-0.25, -0.2) is 4.79 Å². The van der Waals surface area contributed by atoms with Crippen molar-refractivity contribution in [2.45, 2.75) is 12.3 Å². The van der Waals surface area contributed by atoms with Crippen LogP contribution < -0.4 is 4.74 Å². The molecule has 0 amide bonds. The summed E-state index contributed by atoms with van der Waals surface area (Å²) in [6.07, 6.45) is -6.43. The summed E-state index contributed by atoms with van der Waals surface area (Å²) in [7, 11) is 0. The Morgan fingerprint density at radius 3 is 2.61 bits per heavy atom. The van der Waals surface area contributed by atoms with Crippen LogP contribution in [0.5, 0.6) is 5.75 Å². The average Bonchev–Trinajstić information content (AvgIpc) is 2.99. The van der Waals surface area contributed by atoms with E-state index >= 15 is 0 Å². The van der Waals surface area contributed by atoms with Crippen LogP contribution in [0.15, 0.2) is 34.5 Å². The zero-order valence-electron chi connectivity index (χ0n) is 11.2. The van der Waals surface area contributed by atoms with Gasteiger partial charge in [-0.05, 0) is 46.2 Å². The smallest absolute Gasteiger partial charge is 0.430 e. The maximum Gasteiger partial charge on any atom is 0.430 e. The second kappa shape index (κ2) is 5.58. The molecule has 3 rings (SSSR count). The summed E-state index contributed by atoms with van der Waals surface area (Å²) < 4.78 is 43.9. The molecule has 8 heteroatoms. The minimum atomic E-state index is -4.85. The number of rotatable bonds is 2. The Labute approximate surface area is 137 Å². The van der Waals surface area contributed by atoms with E-state index in [-0.39, 0.29) is 16.3 Å². The normalized spacial score (nSPS) is 17.2. The van der Waals surface area contributed by atoms with Crippen LogP contribution in [-0.2, 0) is 4.79 Å². The number of thiophene rings is 1.